The molecule has 20 heavy (non-hydrogen) atoms. The fraction of sp³-hybridized carbons (Fsp3) is 0.0769. The van der Waals surface area contributed by atoms with Gasteiger partial charge in [-0.25, -0.2) is 9.97 Å². The van der Waals surface area contributed by atoms with E-state index >= 15 is 0 Å². The van der Waals surface area contributed by atoms with Crippen LogP contribution in [0.3, 0.4) is 0 Å². The lowest BCUT2D eigenvalue weighted by Gasteiger charge is -1.99. The van der Waals surface area contributed by atoms with Gasteiger partial charge in [0.25, 0.3) is 0 Å². The highest BCUT2D eigenvalue weighted by atomic mass is 32.1. The van der Waals surface area contributed by atoms with Gasteiger partial charge in [-0.1, -0.05) is 0 Å². The maximum Gasteiger partial charge on any atom is 0.231 e. The fourth-order valence-electron chi connectivity index (χ4n) is 1.97. The first-order chi connectivity index (χ1) is 9.79. The van der Waals surface area contributed by atoms with Crippen LogP contribution in [0.5, 0.6) is 11.5 Å². The van der Waals surface area contributed by atoms with Gasteiger partial charge in [-0.15, -0.1) is 22.7 Å². The van der Waals surface area contributed by atoms with Crippen LogP contribution in [0.4, 0.5) is 5.13 Å². The van der Waals surface area contributed by atoms with Crippen molar-refractivity contribution in [3.8, 4) is 33.5 Å². The highest BCUT2D eigenvalue weighted by molar-refractivity contribution is 7.15. The normalized spacial score (nSPS) is 12.8. The van der Waals surface area contributed by atoms with Crippen LogP contribution >= 0.6 is 22.7 Å². The van der Waals surface area contributed by atoms with Gasteiger partial charge in [0.15, 0.2) is 16.6 Å². The van der Waals surface area contributed by atoms with Crippen LogP contribution in [0.25, 0.3) is 22.0 Å². The maximum atomic E-state index is 5.65. The number of hydrogen-bond donors (Lipinski definition) is 1. The molecule has 0 atom stereocenters. The van der Waals surface area contributed by atoms with E-state index in [9.17, 15) is 0 Å². The van der Waals surface area contributed by atoms with Gasteiger partial charge in [0.2, 0.25) is 6.79 Å². The van der Waals surface area contributed by atoms with Crippen LogP contribution in [-0.2, 0) is 0 Å². The number of benzene rings is 1. The van der Waals surface area contributed by atoms with Crippen LogP contribution in [0, 0.1) is 0 Å². The molecule has 1 aliphatic heterocycles. The molecule has 3 heterocycles. The van der Waals surface area contributed by atoms with Crippen molar-refractivity contribution in [1.82, 2.24) is 9.97 Å². The summed E-state index contributed by atoms with van der Waals surface area (Å²) in [6.45, 7) is 0.277. The molecule has 5 nitrogen and oxygen atoms in total. The zero-order chi connectivity index (χ0) is 13.5. The van der Waals surface area contributed by atoms with Crippen LogP contribution < -0.4 is 15.2 Å². The van der Waals surface area contributed by atoms with Gasteiger partial charge in [0.05, 0.1) is 5.69 Å². The topological polar surface area (TPSA) is 70.3 Å². The second kappa shape index (κ2) is 4.46. The number of thiazole rings is 2. The van der Waals surface area contributed by atoms with E-state index in [-0.39, 0.29) is 6.79 Å². The average Bonchev–Trinajstić information content (AvgIpc) is 3.17. The summed E-state index contributed by atoms with van der Waals surface area (Å²) in [6.07, 6.45) is 0. The summed E-state index contributed by atoms with van der Waals surface area (Å²) in [6, 6.07) is 5.82. The molecule has 0 aliphatic carbocycles. The van der Waals surface area contributed by atoms with Crippen LogP contribution in [0.2, 0.25) is 0 Å². The molecule has 0 saturated heterocycles. The molecule has 0 fully saturated rings. The third kappa shape index (κ3) is 1.91. The first-order valence-electron chi connectivity index (χ1n) is 5.86. The fourth-order valence-corrected chi connectivity index (χ4v) is 3.38. The van der Waals surface area contributed by atoms with Crippen molar-refractivity contribution < 1.29 is 9.47 Å². The SMILES string of the molecule is Nc1nc(-c2nc(-c3ccc4c(c3)OCO4)cs2)cs1. The predicted molar refractivity (Wildman–Crippen MR) is 79.2 cm³/mol. The highest BCUT2D eigenvalue weighted by Crippen LogP contribution is 2.37. The minimum Gasteiger partial charge on any atom is -0.454 e. The van der Waals surface area contributed by atoms with Crippen molar-refractivity contribution in [2.75, 3.05) is 12.5 Å². The maximum absolute atomic E-state index is 5.65. The van der Waals surface area contributed by atoms with Gasteiger partial charge < -0.3 is 15.2 Å². The van der Waals surface area contributed by atoms with Gasteiger partial charge in [-0.2, -0.15) is 0 Å². The molecule has 1 aromatic carbocycles. The average molecular weight is 303 g/mol. The molecule has 100 valence electrons. The third-order valence-corrected chi connectivity index (χ3v) is 4.45. The molecule has 0 radical (unpaired) electrons. The Labute approximate surface area is 122 Å². The number of rotatable bonds is 2. The van der Waals surface area contributed by atoms with E-state index in [4.69, 9.17) is 15.2 Å². The lowest BCUT2D eigenvalue weighted by molar-refractivity contribution is 0.174. The summed E-state index contributed by atoms with van der Waals surface area (Å²) in [5.41, 5.74) is 8.37. The smallest absolute Gasteiger partial charge is 0.231 e. The van der Waals surface area contributed by atoms with E-state index in [2.05, 4.69) is 9.97 Å². The van der Waals surface area contributed by atoms with Gasteiger partial charge in [-0.3, -0.25) is 0 Å². The second-order valence-electron chi connectivity index (χ2n) is 4.18. The van der Waals surface area contributed by atoms with Crippen molar-refractivity contribution in [2.24, 2.45) is 0 Å². The number of aromatic nitrogens is 2. The van der Waals surface area contributed by atoms with E-state index in [1.54, 1.807) is 11.3 Å². The molecule has 2 N–H and O–H groups in total. The summed E-state index contributed by atoms with van der Waals surface area (Å²) < 4.78 is 10.7. The van der Waals surface area contributed by atoms with Crippen LogP contribution in [-0.4, -0.2) is 16.8 Å². The molecule has 0 amide bonds. The number of nitrogen functional groups attached to an aromatic ring is 1. The Morgan fingerprint density at radius 3 is 2.70 bits per heavy atom. The number of ether oxygens (including phenoxy) is 2. The summed E-state index contributed by atoms with van der Waals surface area (Å²) >= 11 is 2.97. The number of hydrogen-bond acceptors (Lipinski definition) is 7. The minimum absolute atomic E-state index is 0.277. The molecule has 3 aromatic rings. The number of nitrogens with zero attached hydrogens (tertiary/aromatic N) is 2. The number of nitrogens with two attached hydrogens (primary N) is 1. The zero-order valence-corrected chi connectivity index (χ0v) is 11.8. The summed E-state index contributed by atoms with van der Waals surface area (Å²) in [7, 11) is 0. The van der Waals surface area contributed by atoms with E-state index in [0.717, 1.165) is 33.5 Å². The van der Waals surface area contributed by atoms with Crippen molar-refractivity contribution >= 4 is 27.8 Å². The van der Waals surface area contributed by atoms with Gasteiger partial charge in [0, 0.05) is 16.3 Å². The van der Waals surface area contributed by atoms with Crippen LogP contribution in [0.1, 0.15) is 0 Å². The Morgan fingerprint density at radius 1 is 1.00 bits per heavy atom. The highest BCUT2D eigenvalue weighted by Gasteiger charge is 2.15. The van der Waals surface area contributed by atoms with Gasteiger partial charge in [0.1, 0.15) is 10.7 Å². The molecular formula is C13H9N3O2S2. The minimum atomic E-state index is 0.277. The summed E-state index contributed by atoms with van der Waals surface area (Å²) in [4.78, 5) is 8.85. The Hall–Kier alpha value is -2.12. The summed E-state index contributed by atoms with van der Waals surface area (Å²) in [5.74, 6) is 1.53. The first kappa shape index (κ1) is 11.7. The summed E-state index contributed by atoms with van der Waals surface area (Å²) in [5, 5.41) is 5.34. The Balaban J connectivity index is 1.71. The standard InChI is InChI=1S/C13H9N3O2S2/c14-13-16-9(5-20-13)12-15-8(4-19-12)7-1-2-10-11(3-7)18-6-17-10/h1-5H,6H2,(H2,14,16). The molecule has 0 saturated carbocycles. The lowest BCUT2D eigenvalue weighted by atomic mass is 10.1. The molecule has 1 aliphatic rings. The number of anilines is 1. The van der Waals surface area contributed by atoms with Gasteiger partial charge in [-0.05, 0) is 18.2 Å². The monoisotopic (exact) mass is 303 g/mol. The van der Waals surface area contributed by atoms with Crippen molar-refractivity contribution in [3.63, 3.8) is 0 Å². The molecular weight excluding hydrogens is 294 g/mol. The Kier molecular flexibility index (Phi) is 2.61. The molecule has 0 bridgehead atoms. The molecule has 7 heteroatoms. The van der Waals surface area contributed by atoms with Crippen molar-refractivity contribution in [3.05, 3.63) is 29.0 Å². The molecule has 0 spiro atoms. The second-order valence-corrected chi connectivity index (χ2v) is 5.92. The van der Waals surface area contributed by atoms with E-state index in [0.29, 0.717) is 5.13 Å². The van der Waals surface area contributed by atoms with Gasteiger partial charge >= 0.3 is 0 Å². The number of fused-ring (bicyclic) bond motifs is 1. The Morgan fingerprint density at radius 2 is 1.85 bits per heavy atom. The van der Waals surface area contributed by atoms with Crippen molar-refractivity contribution in [1.29, 1.82) is 0 Å². The molecule has 2 aromatic heterocycles. The third-order valence-electron chi connectivity index (χ3n) is 2.91. The van der Waals surface area contributed by atoms with E-state index in [1.807, 2.05) is 29.0 Å². The van der Waals surface area contributed by atoms with E-state index < -0.39 is 0 Å². The quantitative estimate of drug-likeness (QED) is 0.787. The van der Waals surface area contributed by atoms with Crippen molar-refractivity contribution in [2.45, 2.75) is 0 Å². The zero-order valence-electron chi connectivity index (χ0n) is 10.2. The van der Waals surface area contributed by atoms with E-state index in [1.165, 1.54) is 11.3 Å². The molecule has 4 rings (SSSR count). The first-order valence-corrected chi connectivity index (χ1v) is 7.62. The Bertz CT molecular complexity index is 782. The predicted octanol–water partition coefficient (Wildman–Crippen LogP) is 3.24. The van der Waals surface area contributed by atoms with Crippen LogP contribution in [0.15, 0.2) is 29.0 Å². The lowest BCUT2D eigenvalue weighted by Crippen LogP contribution is -1.92. The largest absolute Gasteiger partial charge is 0.454 e. The molecule has 0 unspecified atom stereocenters.